The second-order valence-electron chi connectivity index (χ2n) is 23.6. The lowest BCUT2D eigenvalue weighted by Gasteiger charge is -2.32. The Morgan fingerprint density at radius 2 is 0.883 bits per heavy atom. The first kappa shape index (κ1) is 101. The van der Waals surface area contributed by atoms with Gasteiger partial charge in [-0.1, -0.05) is 166 Å². The normalized spacial score (nSPS) is 20.0. The van der Waals surface area contributed by atoms with E-state index in [9.17, 15) is 60.1 Å². The summed E-state index contributed by atoms with van der Waals surface area (Å²) in [5, 5.41) is 34.9. The average Bonchev–Trinajstić information content (AvgIpc) is 0.793. The summed E-state index contributed by atoms with van der Waals surface area (Å²) < 4.78 is 145. The van der Waals surface area contributed by atoms with Crippen LogP contribution >= 0.6 is 116 Å². The zero-order chi connectivity index (χ0) is 83.5. The first-order valence-corrected chi connectivity index (χ1v) is 46.7. The van der Waals surface area contributed by atoms with E-state index in [2.05, 4.69) is 35.5 Å². The van der Waals surface area contributed by atoms with Crippen LogP contribution in [0.25, 0.3) is 6.08 Å². The fourth-order valence-corrected chi connectivity index (χ4v) is 17.1. The summed E-state index contributed by atoms with van der Waals surface area (Å²) in [7, 11) is -10.6. The van der Waals surface area contributed by atoms with Crippen LogP contribution in [0, 0.1) is 5.41 Å². The topological polar surface area (TPSA) is 494 Å². The molecule has 5 aliphatic heterocycles. The summed E-state index contributed by atoms with van der Waals surface area (Å²) in [6.07, 6.45) is 4.95. The smallest absolute Gasteiger partial charge is 0.331 e. The van der Waals surface area contributed by atoms with Gasteiger partial charge in [-0.05, 0) is 158 Å². The molecule has 47 heteroatoms. The van der Waals surface area contributed by atoms with Crippen molar-refractivity contribution in [1.29, 1.82) is 5.41 Å². The molecule has 31 nitrogen and oxygen atoms in total. The number of aliphatic hydroxyl groups is 1. The Morgan fingerprint density at radius 3 is 1.21 bits per heavy atom. The van der Waals surface area contributed by atoms with E-state index in [1.165, 1.54) is 50.7 Å². The van der Waals surface area contributed by atoms with Gasteiger partial charge in [0, 0.05) is 74.5 Å². The van der Waals surface area contributed by atoms with Crippen LogP contribution in [0.2, 0.25) is 30.1 Å². The largest absolute Gasteiger partial charge is 0.400 e. The van der Waals surface area contributed by atoms with Crippen molar-refractivity contribution in [3.05, 3.63) is 215 Å². The molecule has 5 aliphatic rings. The predicted molar refractivity (Wildman–Crippen MR) is 452 cm³/mol. The number of halogens is 7. The van der Waals surface area contributed by atoms with Crippen molar-refractivity contribution in [2.24, 2.45) is 21.5 Å². The minimum absolute atomic E-state index is 0. The van der Waals surface area contributed by atoms with Gasteiger partial charge in [-0.15, -0.1) is 0 Å². The zero-order valence-corrected chi connectivity index (χ0v) is 73.0. The van der Waals surface area contributed by atoms with Crippen LogP contribution in [0.15, 0.2) is 161 Å². The number of urea groups is 2. The molecule has 0 bridgehead atoms. The monoisotopic (exact) mass is 1850 g/mol. The highest BCUT2D eigenvalue weighted by Crippen LogP contribution is 2.29. The number of aliphatic imine (C=N–C) groups is 2. The van der Waals surface area contributed by atoms with Gasteiger partial charge in [0.15, 0.2) is 15.4 Å². The van der Waals surface area contributed by atoms with Crippen LogP contribution < -0.4 is 43.0 Å². The van der Waals surface area contributed by atoms with Crippen molar-refractivity contribution in [3.8, 4) is 0 Å². The van der Waals surface area contributed by atoms with Crippen LogP contribution in [0.5, 0.6) is 0 Å². The number of hydrogen-bond donors (Lipinski definition) is 11. The number of benzene rings is 6. The molecule has 6 aromatic carbocycles. The van der Waals surface area contributed by atoms with Gasteiger partial charge in [0.1, 0.15) is 0 Å². The Bertz CT molecular complexity index is 4730. The van der Waals surface area contributed by atoms with Crippen molar-refractivity contribution >= 4 is 215 Å². The van der Waals surface area contributed by atoms with Gasteiger partial charge in [0.05, 0.1) is 64.6 Å². The van der Waals surface area contributed by atoms with E-state index < -0.39 is 95.0 Å². The molecule has 0 radical (unpaired) electrons. The molecule has 15 N–H and O–H groups in total. The van der Waals surface area contributed by atoms with Crippen molar-refractivity contribution in [2.45, 2.75) is 56.6 Å². The minimum atomic E-state index is -3.57. The number of nitrogens with one attached hydrogen (secondary N) is 6. The molecule has 614 valence electrons. The highest BCUT2D eigenvalue weighted by atomic mass is 35.7. The zero-order valence-electron chi connectivity index (χ0n) is 60.4. The third kappa shape index (κ3) is 36.4. The van der Waals surface area contributed by atoms with Gasteiger partial charge in [-0.2, -0.15) is 0 Å². The molecule has 3 fully saturated rings. The molecule has 5 heterocycles. The lowest BCUT2D eigenvalue weighted by molar-refractivity contribution is -0.306. The molecule has 0 spiro atoms. The number of amides is 4. The molecule has 111 heavy (non-hydrogen) atoms. The number of aliphatic hydroxyl groups excluding tert-OH is 1. The van der Waals surface area contributed by atoms with Crippen molar-refractivity contribution in [2.75, 3.05) is 69.5 Å². The third-order valence-corrected chi connectivity index (χ3v) is 26.1. The second-order valence-corrected chi connectivity index (χ2v) is 40.4. The van der Waals surface area contributed by atoms with Gasteiger partial charge in [-0.25, -0.2) is 87.6 Å². The first-order valence-electron chi connectivity index (χ1n) is 31.0. The average molecular weight is 1860 g/mol. The van der Waals surface area contributed by atoms with Gasteiger partial charge in [0.2, 0.25) is 56.1 Å². The van der Waals surface area contributed by atoms with E-state index >= 15 is 0 Å². The van der Waals surface area contributed by atoms with E-state index in [4.69, 9.17) is 120 Å². The molecule has 11 rings (SSSR count). The van der Waals surface area contributed by atoms with Crippen LogP contribution in [-0.4, -0.2) is 182 Å². The number of rotatable bonds is 7. The maximum absolute atomic E-state index is 11.8. The summed E-state index contributed by atoms with van der Waals surface area (Å²) >= 11 is 42.0. The van der Waals surface area contributed by atoms with E-state index in [0.29, 0.717) is 40.9 Å². The summed E-state index contributed by atoms with van der Waals surface area (Å²) in [5.74, 6) is -0.413. The fourth-order valence-electron chi connectivity index (χ4n) is 8.58. The number of guanidine groups is 1. The van der Waals surface area contributed by atoms with Crippen LogP contribution in [0.1, 0.15) is 84.4 Å². The summed E-state index contributed by atoms with van der Waals surface area (Å²) in [6.45, 7) is 5.31. The maximum Gasteiger partial charge on any atom is 0.331 e. The first-order chi connectivity index (χ1) is 51.0. The van der Waals surface area contributed by atoms with Crippen molar-refractivity contribution in [3.63, 3.8) is 0 Å². The Hall–Kier alpha value is -6.23. The molecule has 6 aromatic rings. The highest BCUT2D eigenvalue weighted by molar-refractivity contribution is 8.16. The third-order valence-electron chi connectivity index (χ3n) is 14.3. The van der Waals surface area contributed by atoms with Crippen LogP contribution in [-0.2, 0) is 64.1 Å². The number of hydrogen-bond acceptors (Lipinski definition) is 25. The second kappa shape index (κ2) is 45.8. The number of carbonyl (C=O) groups is 2. The van der Waals surface area contributed by atoms with E-state index in [-0.39, 0.29) is 63.2 Å². The Labute approximate surface area is 695 Å². The Kier molecular flexibility index (Phi) is 41.6. The minimum Gasteiger partial charge on any atom is -0.400 e. The predicted octanol–water partition coefficient (Wildman–Crippen LogP) is 11.1. The lowest BCUT2D eigenvalue weighted by Crippen LogP contribution is -2.51. The molecule has 0 saturated carbocycles. The van der Waals surface area contributed by atoms with E-state index in [0.717, 1.165) is 53.3 Å². The number of nitrogens with zero attached hydrogens (tertiary/aromatic N) is 5. The standard InChI is InChI=1S/C10H12ClN3O2S.C10H11ClN2O3S.2C10H11ClN2O2S2.C9H9ClN2O3S.C8H6Cl2O2S.C4H10O2.C2H6N2S.CH4O.H3N/c1-14-10(12)13-9(6-17(14,15)16)7-2-4-8(11)5-3-7;1-13-10(14)12-9(6-17(13,15)16)7-2-4-8(11)5-3-7;1-16-10-12-9(6-17(14,15)13-10)7-2-4-8(11)5-3-7;1-13-10(16)12-9(6-17(13,14)15)7-2-4-8(11)5-3-7;10-7-3-1-6(2-4-7)8-5-16(14,15)12-9(13)11-8;9-8-3-1-7(2-4-8)5-6-13(10,11)12;1-4(2,3)6-5;1-5-2(3)4;1-2;/h2-5,9H,6H2,1H3,(H2,12,13);2-5,9H,6H2,1H3,(H,12,14);2-5,9H,6H2,1H3,(H,12,13);2-5,9H,6H2,1H3,(H,12,16);1-4,8H,5H2,(H2,11,12,13);1-6H;5H,1-3H3;1H3,(H3,3,4);2H,1H3;1H3/b;;;;;6-5+;;;;. The molecule has 5 atom stereocenters. The summed E-state index contributed by atoms with van der Waals surface area (Å²) in [4.78, 5) is 35.0. The summed E-state index contributed by atoms with van der Waals surface area (Å²) in [5.41, 5.74) is 14.7. The maximum atomic E-state index is 11.8. The lowest BCUT2D eigenvalue weighted by atomic mass is 10.1. The number of sulfonamides is 5. The van der Waals surface area contributed by atoms with Gasteiger partial charge >= 0.3 is 12.1 Å². The number of amidine groups is 2. The Balaban J connectivity index is 0.000000438. The number of thioether (sulfide) groups is 2. The molecular formula is C64H83Cl7N14O17S9. The molecule has 4 amide bonds. The Morgan fingerprint density at radius 1 is 0.559 bits per heavy atom. The van der Waals surface area contributed by atoms with Crippen molar-refractivity contribution in [1.82, 2.24) is 44.5 Å². The van der Waals surface area contributed by atoms with Crippen LogP contribution in [0.4, 0.5) is 9.59 Å². The molecule has 5 unspecified atom stereocenters. The van der Waals surface area contributed by atoms with E-state index in [1.807, 2.05) is 4.72 Å². The molecule has 0 aromatic heterocycles. The SMILES string of the molecule is CC(C)(C)OO.CN1C(=O)NC(c2ccc(Cl)cc2)CS1(=O)=O.CN1C(=S)NC(c2ccc(Cl)cc2)CS1(=O)=O.CN1C(N)=NC(c2ccc(Cl)cc2)CS1(=O)=O.CO.CSC(=N)N.CSC1=NC(c2ccc(Cl)cc2)CS(=O)(=O)N1.N.O=C1NC(c2ccc(Cl)cc2)CS(=O)(=O)N1.O=S(=O)(Cl)/C=C/c1ccc(Cl)cc1. The molecule has 0 aliphatic carbocycles. The van der Waals surface area contributed by atoms with Crippen LogP contribution in [0.3, 0.4) is 0 Å². The fraction of sp³-hybridized carbons (Fsp3) is 0.312. The highest BCUT2D eigenvalue weighted by Gasteiger charge is 2.37. The molecular weight excluding hydrogens is 1770 g/mol. The number of thiocarbonyl (C=S) groups is 1. The van der Waals surface area contributed by atoms with Crippen molar-refractivity contribution < 1.29 is 75.3 Å². The van der Waals surface area contributed by atoms with E-state index in [1.54, 1.807) is 179 Å². The number of nitrogens with two attached hydrogens (primary N) is 2. The van der Waals surface area contributed by atoms with Gasteiger partial charge < -0.3 is 38.7 Å². The van der Waals surface area contributed by atoms with Gasteiger partial charge in [0.25, 0.3) is 9.05 Å². The summed E-state index contributed by atoms with van der Waals surface area (Å²) in [6, 6.07) is 37.6. The van der Waals surface area contributed by atoms with Gasteiger partial charge in [-0.3, -0.25) is 20.4 Å². The number of carbonyl (C=O) groups excluding carboxylic acids is 2. The molecule has 3 saturated heterocycles. The quantitative estimate of drug-likeness (QED) is 0.0177.